The molecule has 4 aromatic rings. The summed E-state index contributed by atoms with van der Waals surface area (Å²) < 4.78 is 2.01. The molecule has 9 heteroatoms. The predicted octanol–water partition coefficient (Wildman–Crippen LogP) is 4.36. The van der Waals surface area contributed by atoms with Gasteiger partial charge in [-0.2, -0.15) is 5.10 Å². The molecule has 0 bridgehead atoms. The van der Waals surface area contributed by atoms with Gasteiger partial charge in [-0.05, 0) is 84.9 Å². The fourth-order valence-electron chi connectivity index (χ4n) is 5.48. The van der Waals surface area contributed by atoms with E-state index in [4.69, 9.17) is 10.8 Å². The third-order valence-corrected chi connectivity index (χ3v) is 8.10. The van der Waals surface area contributed by atoms with Crippen LogP contribution < -0.4 is 11.1 Å². The van der Waals surface area contributed by atoms with Crippen LogP contribution in [0.25, 0.3) is 16.9 Å². The summed E-state index contributed by atoms with van der Waals surface area (Å²) in [4.78, 5) is 31.8. The zero-order valence-electron chi connectivity index (χ0n) is 25.0. The smallest absolute Gasteiger partial charge is 0.240 e. The van der Waals surface area contributed by atoms with Crippen molar-refractivity contribution >= 4 is 11.8 Å². The topological polar surface area (TPSA) is 126 Å². The van der Waals surface area contributed by atoms with Gasteiger partial charge in [-0.1, -0.05) is 45.0 Å². The maximum atomic E-state index is 13.1. The summed E-state index contributed by atoms with van der Waals surface area (Å²) in [5.41, 5.74) is 11.6. The Labute approximate surface area is 252 Å². The summed E-state index contributed by atoms with van der Waals surface area (Å²) in [5, 5.41) is 17.4. The third-order valence-electron chi connectivity index (χ3n) is 8.10. The first-order chi connectivity index (χ1) is 20.6. The normalized spacial score (nSPS) is 15.2. The van der Waals surface area contributed by atoms with E-state index in [0.29, 0.717) is 19.4 Å². The number of hydrogen-bond acceptors (Lipinski definition) is 6. The highest BCUT2D eigenvalue weighted by atomic mass is 16.3. The van der Waals surface area contributed by atoms with Crippen molar-refractivity contribution in [2.45, 2.75) is 58.0 Å². The van der Waals surface area contributed by atoms with Crippen molar-refractivity contribution in [1.82, 2.24) is 25.0 Å². The first-order valence-corrected chi connectivity index (χ1v) is 14.8. The molecule has 0 unspecified atom stereocenters. The van der Waals surface area contributed by atoms with Crippen LogP contribution in [0.3, 0.4) is 0 Å². The number of phenols is 1. The van der Waals surface area contributed by atoms with E-state index in [-0.39, 0.29) is 29.4 Å². The number of nitrogens with one attached hydrogen (secondary N) is 1. The third kappa shape index (κ3) is 7.48. The maximum absolute atomic E-state index is 13.1. The number of nitrogens with zero attached hydrogens (tertiary/aromatic N) is 4. The Kier molecular flexibility index (Phi) is 8.92. The molecular formula is C34H40N6O3. The van der Waals surface area contributed by atoms with Crippen LogP contribution in [0.4, 0.5) is 0 Å². The number of primary amides is 1. The van der Waals surface area contributed by atoms with Crippen molar-refractivity contribution in [3.8, 4) is 22.7 Å². The van der Waals surface area contributed by atoms with Crippen molar-refractivity contribution < 1.29 is 14.7 Å². The predicted molar refractivity (Wildman–Crippen MR) is 166 cm³/mol. The molecule has 1 atom stereocenters. The van der Waals surface area contributed by atoms with Gasteiger partial charge in [-0.15, -0.1) is 0 Å². The van der Waals surface area contributed by atoms with Gasteiger partial charge in [0.25, 0.3) is 0 Å². The summed E-state index contributed by atoms with van der Waals surface area (Å²) >= 11 is 0. The van der Waals surface area contributed by atoms with Crippen LogP contribution in [-0.2, 0) is 28.0 Å². The number of rotatable bonds is 9. The van der Waals surface area contributed by atoms with Crippen molar-refractivity contribution in [3.05, 3.63) is 95.9 Å². The van der Waals surface area contributed by atoms with Crippen LogP contribution in [-0.4, -0.2) is 55.7 Å². The highest BCUT2D eigenvalue weighted by Gasteiger charge is 2.29. The van der Waals surface area contributed by atoms with Gasteiger partial charge in [0.05, 0.1) is 17.1 Å². The van der Waals surface area contributed by atoms with Gasteiger partial charge in [0.2, 0.25) is 11.8 Å². The molecule has 0 saturated carbocycles. The molecular weight excluding hydrogens is 540 g/mol. The van der Waals surface area contributed by atoms with E-state index in [1.165, 1.54) is 5.56 Å². The molecule has 1 aliphatic rings. The summed E-state index contributed by atoms with van der Waals surface area (Å²) in [6.45, 7) is 8.79. The minimum absolute atomic E-state index is 0.0615. The second-order valence-electron chi connectivity index (χ2n) is 12.4. The number of benzene rings is 2. The number of aromatic hydroxyl groups is 1. The Balaban J connectivity index is 1.26. The second-order valence-corrected chi connectivity index (χ2v) is 12.4. The number of likely N-dealkylation sites (tertiary alicyclic amines) is 1. The van der Waals surface area contributed by atoms with Gasteiger partial charge in [0.15, 0.2) is 0 Å². The quantitative estimate of drug-likeness (QED) is 0.270. The lowest BCUT2D eigenvalue weighted by Crippen LogP contribution is -2.49. The molecule has 4 N–H and O–H groups in total. The number of carbonyl (C=O) groups excluding carboxylic acids is 2. The monoisotopic (exact) mass is 580 g/mol. The molecule has 5 rings (SSSR count). The lowest BCUT2D eigenvalue weighted by Gasteiger charge is -2.32. The summed E-state index contributed by atoms with van der Waals surface area (Å²) in [7, 11) is 0. The lowest BCUT2D eigenvalue weighted by molar-refractivity contribution is -0.131. The maximum Gasteiger partial charge on any atom is 0.240 e. The molecule has 1 saturated heterocycles. The van der Waals surface area contributed by atoms with E-state index in [1.807, 2.05) is 23.0 Å². The molecule has 2 amide bonds. The number of amides is 2. The molecule has 0 radical (unpaired) electrons. The highest BCUT2D eigenvalue weighted by Crippen LogP contribution is 2.27. The first-order valence-electron chi connectivity index (χ1n) is 14.8. The second kappa shape index (κ2) is 12.8. The number of nitrogens with two attached hydrogens (primary N) is 1. The molecule has 9 nitrogen and oxygen atoms in total. The molecule has 1 fully saturated rings. The molecule has 2 aromatic heterocycles. The highest BCUT2D eigenvalue weighted by molar-refractivity contribution is 5.87. The van der Waals surface area contributed by atoms with Gasteiger partial charge < -0.3 is 16.2 Å². The Hall–Kier alpha value is -4.50. The van der Waals surface area contributed by atoms with Crippen molar-refractivity contribution in [1.29, 1.82) is 0 Å². The van der Waals surface area contributed by atoms with Crippen LogP contribution >= 0.6 is 0 Å². The van der Waals surface area contributed by atoms with E-state index in [1.54, 1.807) is 30.5 Å². The zero-order valence-corrected chi connectivity index (χ0v) is 25.0. The number of carbonyl (C=O) groups is 2. The number of hydrogen-bond donors (Lipinski definition) is 3. The first kappa shape index (κ1) is 30.0. The number of aromatic nitrogens is 3. The largest absolute Gasteiger partial charge is 0.508 e. The van der Waals surface area contributed by atoms with Gasteiger partial charge in [-0.25, -0.2) is 4.68 Å². The Morgan fingerprint density at radius 2 is 1.74 bits per heavy atom. The van der Waals surface area contributed by atoms with Crippen molar-refractivity contribution in [2.75, 3.05) is 13.1 Å². The average Bonchev–Trinajstić information content (AvgIpc) is 3.42. The molecule has 3 heterocycles. The number of piperidine rings is 1. The fourth-order valence-corrected chi connectivity index (χ4v) is 5.48. The van der Waals surface area contributed by atoms with E-state index in [2.05, 4.69) is 66.3 Å². The van der Waals surface area contributed by atoms with Crippen LogP contribution in [0.15, 0.2) is 79.1 Å². The fraction of sp³-hybridized carbons (Fsp3) is 0.353. The molecule has 43 heavy (non-hydrogen) atoms. The number of phenolic OH excluding ortho intramolecular Hbond substituents is 1. The molecule has 0 aliphatic carbocycles. The molecule has 2 aromatic carbocycles. The summed E-state index contributed by atoms with van der Waals surface area (Å²) in [6, 6.07) is 20.3. The van der Waals surface area contributed by atoms with Gasteiger partial charge >= 0.3 is 0 Å². The van der Waals surface area contributed by atoms with E-state index < -0.39 is 11.9 Å². The zero-order chi connectivity index (χ0) is 30.6. The van der Waals surface area contributed by atoms with Crippen LogP contribution in [0.1, 0.15) is 50.4 Å². The Morgan fingerprint density at radius 1 is 1.05 bits per heavy atom. The van der Waals surface area contributed by atoms with Crippen LogP contribution in [0.2, 0.25) is 0 Å². The standard InChI is InChI=1S/C34H40N6O3/c1-34(2,3)26-8-10-27(11-9-26)40-28(20-30(38-40)25-5-4-16-36-21-25)22-39-17-14-24(15-18-39)33(43)37-31(32(35)42)19-23-6-12-29(41)13-7-23/h4-13,16,20-21,24,31,41H,14-15,17-19,22H2,1-3H3,(H2,35,42)(H,37,43)/t31-/m0/s1. The van der Waals surface area contributed by atoms with Gasteiger partial charge in [0.1, 0.15) is 11.8 Å². The summed E-state index contributed by atoms with van der Waals surface area (Å²) in [5.74, 6) is -0.777. The Morgan fingerprint density at radius 3 is 2.35 bits per heavy atom. The van der Waals surface area contributed by atoms with Gasteiger partial charge in [0, 0.05) is 36.8 Å². The van der Waals surface area contributed by atoms with Gasteiger partial charge in [-0.3, -0.25) is 19.5 Å². The van der Waals surface area contributed by atoms with E-state index in [0.717, 1.165) is 41.3 Å². The van der Waals surface area contributed by atoms with Crippen molar-refractivity contribution in [2.24, 2.45) is 11.7 Å². The van der Waals surface area contributed by atoms with Crippen LogP contribution in [0.5, 0.6) is 5.75 Å². The lowest BCUT2D eigenvalue weighted by atomic mass is 9.87. The minimum atomic E-state index is -0.806. The summed E-state index contributed by atoms with van der Waals surface area (Å²) in [6.07, 6.45) is 5.22. The SMILES string of the molecule is CC(C)(C)c1ccc(-n2nc(-c3cccnc3)cc2CN2CCC(C(=O)N[C@@H](Cc3ccc(O)cc3)C(N)=O)CC2)cc1. The van der Waals surface area contributed by atoms with E-state index >= 15 is 0 Å². The molecule has 0 spiro atoms. The molecule has 1 aliphatic heterocycles. The van der Waals surface area contributed by atoms with Crippen molar-refractivity contribution in [3.63, 3.8) is 0 Å². The minimum Gasteiger partial charge on any atom is -0.508 e. The Bertz CT molecular complexity index is 1530. The molecule has 224 valence electrons. The van der Waals surface area contributed by atoms with Crippen LogP contribution in [0, 0.1) is 5.92 Å². The average molecular weight is 581 g/mol. The number of pyridine rings is 1. The van der Waals surface area contributed by atoms with E-state index in [9.17, 15) is 14.7 Å².